The molecule has 0 saturated carbocycles. The van der Waals surface area contributed by atoms with Gasteiger partial charge in [0.15, 0.2) is 5.96 Å². The van der Waals surface area contributed by atoms with Crippen molar-refractivity contribution in [2.75, 3.05) is 26.4 Å². The van der Waals surface area contributed by atoms with Crippen LogP contribution in [-0.2, 0) is 17.3 Å². The van der Waals surface area contributed by atoms with Crippen LogP contribution in [0, 0.1) is 0 Å². The largest absolute Gasteiger partial charge is 0.355 e. The Morgan fingerprint density at radius 3 is 2.55 bits per heavy atom. The zero-order chi connectivity index (χ0) is 16.0. The van der Waals surface area contributed by atoms with Crippen LogP contribution in [0.25, 0.3) is 0 Å². The highest BCUT2D eigenvalue weighted by Gasteiger charge is 2.19. The fraction of sp³-hybridized carbons (Fsp3) is 0.643. The van der Waals surface area contributed by atoms with Gasteiger partial charge in [-0.2, -0.15) is 0 Å². The molecule has 0 aliphatic heterocycles. The van der Waals surface area contributed by atoms with Crippen LogP contribution in [0.15, 0.2) is 17.1 Å². The maximum absolute atomic E-state index is 12.0. The first-order valence-electron chi connectivity index (χ1n) is 6.78. The first-order valence-corrected chi connectivity index (χ1v) is 9.30. The van der Waals surface area contributed by atoms with Crippen LogP contribution in [0.5, 0.6) is 0 Å². The van der Waals surface area contributed by atoms with E-state index in [0.29, 0.717) is 12.3 Å². The third kappa shape index (κ3) is 7.61. The van der Waals surface area contributed by atoms with Gasteiger partial charge in [0.05, 0.1) is 10.9 Å². The molecule has 22 heavy (non-hydrogen) atoms. The summed E-state index contributed by atoms with van der Waals surface area (Å²) in [6, 6.07) is 3.92. The Labute approximate surface area is 162 Å². The fourth-order valence-electron chi connectivity index (χ4n) is 1.69. The first-order chi connectivity index (χ1) is 9.74. The lowest BCUT2D eigenvalue weighted by Crippen LogP contribution is -2.41. The predicted molar refractivity (Wildman–Crippen MR) is 110 cm³/mol. The van der Waals surface area contributed by atoms with Gasteiger partial charge in [-0.15, -0.1) is 35.3 Å². The summed E-state index contributed by atoms with van der Waals surface area (Å²) < 4.78 is 12.6. The molecule has 1 N–H and O–H groups in total. The molecule has 0 aliphatic rings. The first kappa shape index (κ1) is 22.1. The van der Waals surface area contributed by atoms with E-state index in [-0.39, 0.29) is 28.7 Å². The highest BCUT2D eigenvalue weighted by molar-refractivity contribution is 14.0. The Bertz CT molecular complexity index is 514. The van der Waals surface area contributed by atoms with E-state index in [9.17, 15) is 4.21 Å². The third-order valence-corrected chi connectivity index (χ3v) is 6.01. The van der Waals surface area contributed by atoms with Crippen molar-refractivity contribution in [3.05, 3.63) is 21.3 Å². The molecule has 8 heteroatoms. The molecule has 1 atom stereocenters. The van der Waals surface area contributed by atoms with Crippen molar-refractivity contribution < 1.29 is 4.21 Å². The van der Waals surface area contributed by atoms with Gasteiger partial charge in [0.1, 0.15) is 0 Å². The predicted octanol–water partition coefficient (Wildman–Crippen LogP) is 3.57. The molecule has 128 valence electrons. The molecule has 0 fully saturated rings. The molecule has 0 radical (unpaired) electrons. The summed E-state index contributed by atoms with van der Waals surface area (Å²) in [6.07, 6.45) is 0. The lowest BCUT2D eigenvalue weighted by atomic mass is 10.3. The summed E-state index contributed by atoms with van der Waals surface area (Å²) in [4.78, 5) is 7.47. The second kappa shape index (κ2) is 10.1. The average Bonchev–Trinajstić information content (AvgIpc) is 2.78. The minimum absolute atomic E-state index is 0. The molecule has 4 nitrogen and oxygen atoms in total. The Morgan fingerprint density at radius 1 is 1.45 bits per heavy atom. The maximum atomic E-state index is 12.0. The van der Waals surface area contributed by atoms with Gasteiger partial charge in [-0.05, 0) is 32.9 Å². The van der Waals surface area contributed by atoms with Crippen LogP contribution < -0.4 is 5.32 Å². The SMILES string of the molecule is CN=C(NCCS(=O)C(C)(C)C)N(C)Cc1ccc(Cl)s1.I. The number of nitrogens with one attached hydrogen (secondary N) is 1. The van der Waals surface area contributed by atoms with Gasteiger partial charge in [0, 0.05) is 46.8 Å². The van der Waals surface area contributed by atoms with Crippen molar-refractivity contribution >= 4 is 63.7 Å². The van der Waals surface area contributed by atoms with Crippen molar-refractivity contribution in [2.24, 2.45) is 4.99 Å². The number of halogens is 2. The average molecular weight is 478 g/mol. The molecule has 0 aromatic carbocycles. The monoisotopic (exact) mass is 477 g/mol. The molecular weight excluding hydrogens is 453 g/mol. The van der Waals surface area contributed by atoms with Gasteiger partial charge in [0.2, 0.25) is 0 Å². The lowest BCUT2D eigenvalue weighted by molar-refractivity contribution is 0.483. The van der Waals surface area contributed by atoms with Crippen LogP contribution in [0.1, 0.15) is 25.6 Å². The molecule has 1 unspecified atom stereocenters. The molecule has 0 bridgehead atoms. The number of hydrogen-bond donors (Lipinski definition) is 1. The van der Waals surface area contributed by atoms with E-state index < -0.39 is 10.8 Å². The quantitative estimate of drug-likeness (QED) is 0.400. The van der Waals surface area contributed by atoms with Gasteiger partial charge < -0.3 is 10.2 Å². The topological polar surface area (TPSA) is 44.7 Å². The molecule has 1 aromatic rings. The second-order valence-corrected chi connectivity index (χ2v) is 9.82. The van der Waals surface area contributed by atoms with Crippen LogP contribution in [-0.4, -0.2) is 46.2 Å². The molecule has 1 rings (SSSR count). The van der Waals surface area contributed by atoms with Crippen LogP contribution in [0.4, 0.5) is 0 Å². The van der Waals surface area contributed by atoms with E-state index in [1.165, 1.54) is 4.88 Å². The molecule has 1 aromatic heterocycles. The van der Waals surface area contributed by atoms with E-state index in [1.807, 2.05) is 44.9 Å². The van der Waals surface area contributed by atoms with Crippen molar-refractivity contribution in [3.8, 4) is 0 Å². The van der Waals surface area contributed by atoms with Gasteiger partial charge in [-0.3, -0.25) is 9.20 Å². The van der Waals surface area contributed by atoms with Crippen molar-refractivity contribution in [2.45, 2.75) is 32.1 Å². The lowest BCUT2D eigenvalue weighted by Gasteiger charge is -2.22. The molecular formula is C14H25ClIN3OS2. The van der Waals surface area contributed by atoms with Crippen molar-refractivity contribution in [3.63, 3.8) is 0 Å². The van der Waals surface area contributed by atoms with Crippen LogP contribution >= 0.6 is 46.9 Å². The highest BCUT2D eigenvalue weighted by atomic mass is 127. The highest BCUT2D eigenvalue weighted by Crippen LogP contribution is 2.22. The number of nitrogens with zero attached hydrogens (tertiary/aromatic N) is 2. The summed E-state index contributed by atoms with van der Waals surface area (Å²) in [6.45, 7) is 7.37. The van der Waals surface area contributed by atoms with Gasteiger partial charge in [-0.25, -0.2) is 0 Å². The summed E-state index contributed by atoms with van der Waals surface area (Å²) >= 11 is 7.51. The van der Waals surface area contributed by atoms with E-state index in [4.69, 9.17) is 11.6 Å². The molecule has 0 saturated heterocycles. The summed E-state index contributed by atoms with van der Waals surface area (Å²) in [5, 5.41) is 3.25. The second-order valence-electron chi connectivity index (χ2n) is 5.70. The normalized spacial score (nSPS) is 13.5. The molecule has 0 amide bonds. The molecule has 0 aliphatic carbocycles. The van der Waals surface area contributed by atoms with Crippen molar-refractivity contribution in [1.29, 1.82) is 0 Å². The molecule has 0 spiro atoms. The standard InChI is InChI=1S/C14H24ClN3OS2.HI/c1-14(2,3)21(19)9-8-17-13(16-4)18(5)10-11-6-7-12(15)20-11;/h6-7H,8-10H2,1-5H3,(H,16,17);1H. The Hall–Kier alpha value is 0.140. The summed E-state index contributed by atoms with van der Waals surface area (Å²) in [5.41, 5.74) is 0. The Balaban J connectivity index is 0.00000441. The van der Waals surface area contributed by atoms with E-state index >= 15 is 0 Å². The van der Waals surface area contributed by atoms with Gasteiger partial charge in [0.25, 0.3) is 0 Å². The van der Waals surface area contributed by atoms with E-state index in [1.54, 1.807) is 18.4 Å². The zero-order valence-electron chi connectivity index (χ0n) is 13.7. The van der Waals surface area contributed by atoms with E-state index in [0.717, 1.165) is 16.8 Å². The summed E-state index contributed by atoms with van der Waals surface area (Å²) in [5.74, 6) is 1.41. The number of rotatable bonds is 5. The minimum Gasteiger partial charge on any atom is -0.355 e. The van der Waals surface area contributed by atoms with Crippen molar-refractivity contribution in [1.82, 2.24) is 10.2 Å². The third-order valence-electron chi connectivity index (χ3n) is 2.85. The Morgan fingerprint density at radius 2 is 2.09 bits per heavy atom. The van der Waals surface area contributed by atoms with E-state index in [2.05, 4.69) is 10.3 Å². The fourth-order valence-corrected chi connectivity index (χ4v) is 3.73. The van der Waals surface area contributed by atoms with Crippen LogP contribution in [0.2, 0.25) is 4.34 Å². The van der Waals surface area contributed by atoms with Gasteiger partial charge in [-0.1, -0.05) is 11.6 Å². The number of hydrogen-bond acceptors (Lipinski definition) is 3. The smallest absolute Gasteiger partial charge is 0.193 e. The molecule has 1 heterocycles. The van der Waals surface area contributed by atoms with Crippen LogP contribution in [0.3, 0.4) is 0 Å². The zero-order valence-corrected chi connectivity index (χ0v) is 18.4. The minimum atomic E-state index is -0.855. The van der Waals surface area contributed by atoms with Gasteiger partial charge >= 0.3 is 0 Å². The summed E-state index contributed by atoms with van der Waals surface area (Å²) in [7, 11) is 2.87. The Kier molecular flexibility index (Phi) is 10.2. The number of thiophene rings is 1. The number of aliphatic imine (C=N–C) groups is 1. The number of guanidine groups is 1. The maximum Gasteiger partial charge on any atom is 0.193 e.